The Kier molecular flexibility index (Phi) is 3.93. The average molecular weight is 361 g/mol. The van der Waals surface area contributed by atoms with Gasteiger partial charge in [-0.2, -0.15) is 0 Å². The molecular weight excluding hydrogens is 346 g/mol. The fourth-order valence-electron chi connectivity index (χ4n) is 1.79. The van der Waals surface area contributed by atoms with Crippen LogP contribution in [0.2, 0.25) is 0 Å². The second-order valence-electron chi connectivity index (χ2n) is 4.72. The van der Waals surface area contributed by atoms with Gasteiger partial charge in [0.2, 0.25) is 0 Å². The van der Waals surface area contributed by atoms with Gasteiger partial charge >= 0.3 is 0 Å². The van der Waals surface area contributed by atoms with E-state index in [1.54, 1.807) is 0 Å². The fourth-order valence-corrected chi connectivity index (χ4v) is 2.32. The summed E-state index contributed by atoms with van der Waals surface area (Å²) in [7, 11) is 0. The summed E-state index contributed by atoms with van der Waals surface area (Å²) in [6.45, 7) is 4.23. The maximum absolute atomic E-state index is 5.51. The summed E-state index contributed by atoms with van der Waals surface area (Å²) in [6.07, 6.45) is 0.899. The largest absolute Gasteiger partial charge is 0.387 e. The maximum atomic E-state index is 5.51. The van der Waals surface area contributed by atoms with E-state index in [1.165, 1.54) is 5.56 Å². The Hall–Kier alpha value is -0.350. The van der Waals surface area contributed by atoms with Gasteiger partial charge in [0.25, 0.3) is 0 Å². The van der Waals surface area contributed by atoms with Gasteiger partial charge in [-0.25, -0.2) is 0 Å². The lowest BCUT2D eigenvalue weighted by molar-refractivity contribution is 0.0857. The summed E-state index contributed by atoms with van der Waals surface area (Å²) in [4.78, 5) is 5.69. The van der Waals surface area contributed by atoms with E-state index < -0.39 is 0 Å². The van der Waals surface area contributed by atoms with Gasteiger partial charge in [0.15, 0.2) is 6.10 Å². The third-order valence-electron chi connectivity index (χ3n) is 2.76. The molecule has 1 aliphatic rings. The van der Waals surface area contributed by atoms with E-state index in [0.717, 1.165) is 12.1 Å². The molecule has 4 heteroatoms. The van der Waals surface area contributed by atoms with Crippen molar-refractivity contribution in [3.8, 4) is 0 Å². The van der Waals surface area contributed by atoms with Crippen LogP contribution in [0.1, 0.15) is 31.9 Å². The first-order valence-electron chi connectivity index (χ1n) is 5.59. The van der Waals surface area contributed by atoms with Crippen LogP contribution >= 0.6 is 31.9 Å². The second kappa shape index (κ2) is 5.11. The summed E-state index contributed by atoms with van der Waals surface area (Å²) in [5.41, 5.74) is 2.24. The lowest BCUT2D eigenvalue weighted by Crippen LogP contribution is -2.31. The van der Waals surface area contributed by atoms with Gasteiger partial charge < -0.3 is 4.84 Å². The van der Waals surface area contributed by atoms with Crippen LogP contribution in [-0.2, 0) is 4.84 Å². The molecule has 2 unspecified atom stereocenters. The van der Waals surface area contributed by atoms with Gasteiger partial charge in [0.1, 0.15) is 0 Å². The number of benzene rings is 1. The predicted octanol–water partition coefficient (Wildman–Crippen LogP) is 4.44. The van der Waals surface area contributed by atoms with Crippen LogP contribution in [0.5, 0.6) is 0 Å². The molecule has 0 saturated carbocycles. The van der Waals surface area contributed by atoms with Gasteiger partial charge in [-0.05, 0) is 19.4 Å². The summed E-state index contributed by atoms with van der Waals surface area (Å²) in [6, 6.07) is 10.2. The third kappa shape index (κ3) is 3.10. The first-order chi connectivity index (χ1) is 7.98. The Labute approximate surface area is 119 Å². The lowest BCUT2D eigenvalue weighted by Gasteiger charge is -2.22. The number of alkyl halides is 2. The molecule has 0 spiro atoms. The predicted molar refractivity (Wildman–Crippen MR) is 78.0 cm³/mol. The van der Waals surface area contributed by atoms with E-state index in [2.05, 4.69) is 63.0 Å². The molecule has 0 saturated heterocycles. The fraction of sp³-hybridized carbons (Fsp3) is 0.462. The maximum Gasteiger partial charge on any atom is 0.157 e. The van der Waals surface area contributed by atoms with Gasteiger partial charge in [-0.1, -0.05) is 67.3 Å². The Morgan fingerprint density at radius 3 is 2.59 bits per heavy atom. The van der Waals surface area contributed by atoms with Crippen LogP contribution in [0.4, 0.5) is 0 Å². The van der Waals surface area contributed by atoms with E-state index in [1.807, 2.05) is 18.2 Å². The van der Waals surface area contributed by atoms with Crippen LogP contribution < -0.4 is 0 Å². The van der Waals surface area contributed by atoms with Crippen molar-refractivity contribution in [1.29, 1.82) is 0 Å². The van der Waals surface area contributed by atoms with Crippen LogP contribution in [0, 0.1) is 0 Å². The molecular formula is C13H15Br2NO. The van der Waals surface area contributed by atoms with Crippen molar-refractivity contribution < 1.29 is 4.84 Å². The Morgan fingerprint density at radius 2 is 2.00 bits per heavy atom. The molecule has 1 aromatic rings. The van der Waals surface area contributed by atoms with Crippen molar-refractivity contribution in [2.45, 2.75) is 35.5 Å². The first kappa shape index (κ1) is 13.1. The molecule has 2 atom stereocenters. The third-order valence-corrected chi connectivity index (χ3v) is 5.50. The average Bonchev–Trinajstić information content (AvgIpc) is 2.77. The summed E-state index contributed by atoms with van der Waals surface area (Å²) in [5.74, 6) is 0. The topological polar surface area (TPSA) is 21.6 Å². The minimum atomic E-state index is -0.0270. The molecule has 0 bridgehead atoms. The summed E-state index contributed by atoms with van der Waals surface area (Å²) < 4.78 is -0.0270. The van der Waals surface area contributed by atoms with E-state index in [0.29, 0.717) is 0 Å². The standard InChI is InChI=1S/C13H15Br2NO/c1-13(2,15)12(14)10-8-11(17-16-10)9-6-4-3-5-7-9/h3-7,11-12H,8H2,1-2H3. The number of halogens is 2. The lowest BCUT2D eigenvalue weighted by atomic mass is 9.99. The minimum absolute atomic E-state index is 0.0270. The SMILES string of the molecule is CC(C)(Br)C(Br)C1=NOC(c2ccccc2)C1. The molecule has 0 fully saturated rings. The molecule has 2 nitrogen and oxygen atoms in total. The second-order valence-corrected chi connectivity index (χ2v) is 7.68. The molecule has 0 aromatic heterocycles. The number of rotatable bonds is 3. The van der Waals surface area contributed by atoms with Crippen LogP contribution in [0.15, 0.2) is 35.5 Å². The molecule has 92 valence electrons. The Morgan fingerprint density at radius 1 is 1.35 bits per heavy atom. The molecule has 1 aliphatic heterocycles. The monoisotopic (exact) mass is 359 g/mol. The van der Waals surface area contributed by atoms with Crippen LogP contribution in [-0.4, -0.2) is 14.9 Å². The van der Waals surface area contributed by atoms with Crippen molar-refractivity contribution in [2.75, 3.05) is 0 Å². The molecule has 0 aliphatic carbocycles. The van der Waals surface area contributed by atoms with Crippen molar-refractivity contribution in [1.82, 2.24) is 0 Å². The van der Waals surface area contributed by atoms with Crippen LogP contribution in [0.25, 0.3) is 0 Å². The minimum Gasteiger partial charge on any atom is -0.387 e. The van der Waals surface area contributed by atoms with E-state index in [-0.39, 0.29) is 15.3 Å². The smallest absolute Gasteiger partial charge is 0.157 e. The first-order valence-corrected chi connectivity index (χ1v) is 7.30. The Bertz CT molecular complexity index is 411. The number of hydrogen-bond acceptors (Lipinski definition) is 2. The van der Waals surface area contributed by atoms with Gasteiger partial charge in [-0.15, -0.1) is 0 Å². The van der Waals surface area contributed by atoms with Crippen LogP contribution in [0.3, 0.4) is 0 Å². The molecule has 17 heavy (non-hydrogen) atoms. The zero-order chi connectivity index (χ0) is 12.5. The molecule has 1 aromatic carbocycles. The van der Waals surface area contributed by atoms with Crippen molar-refractivity contribution in [3.05, 3.63) is 35.9 Å². The zero-order valence-electron chi connectivity index (χ0n) is 9.86. The molecule has 1 heterocycles. The van der Waals surface area contributed by atoms with E-state index in [9.17, 15) is 0 Å². The van der Waals surface area contributed by atoms with Crippen molar-refractivity contribution in [2.24, 2.45) is 5.16 Å². The van der Waals surface area contributed by atoms with E-state index in [4.69, 9.17) is 4.84 Å². The normalized spacial score (nSPS) is 21.9. The molecule has 0 amide bonds. The van der Waals surface area contributed by atoms with Crippen molar-refractivity contribution in [3.63, 3.8) is 0 Å². The highest BCUT2D eigenvalue weighted by molar-refractivity contribution is 9.12. The summed E-state index contributed by atoms with van der Waals surface area (Å²) in [5, 5.41) is 4.20. The highest BCUT2D eigenvalue weighted by Crippen LogP contribution is 2.35. The molecule has 2 rings (SSSR count). The quantitative estimate of drug-likeness (QED) is 0.730. The van der Waals surface area contributed by atoms with Crippen molar-refractivity contribution >= 4 is 37.6 Å². The van der Waals surface area contributed by atoms with Gasteiger partial charge in [-0.3, -0.25) is 0 Å². The highest BCUT2D eigenvalue weighted by atomic mass is 79.9. The number of oxime groups is 1. The molecule has 0 N–H and O–H groups in total. The Balaban J connectivity index is 2.05. The number of hydrogen-bond donors (Lipinski definition) is 0. The number of nitrogens with zero attached hydrogens (tertiary/aromatic N) is 1. The summed E-state index contributed by atoms with van der Waals surface area (Å²) >= 11 is 7.31. The zero-order valence-corrected chi connectivity index (χ0v) is 13.0. The highest BCUT2D eigenvalue weighted by Gasteiger charge is 2.34. The molecule has 0 radical (unpaired) electrons. The van der Waals surface area contributed by atoms with E-state index >= 15 is 0 Å². The van der Waals surface area contributed by atoms with Gasteiger partial charge in [0, 0.05) is 10.7 Å². The van der Waals surface area contributed by atoms with Gasteiger partial charge in [0.05, 0.1) is 10.5 Å².